The summed E-state index contributed by atoms with van der Waals surface area (Å²) in [5.41, 5.74) is 1.53. The normalized spacial score (nSPS) is 27.6. The Bertz CT molecular complexity index is 1010. The molecule has 4 fully saturated rings. The van der Waals surface area contributed by atoms with Gasteiger partial charge in [-0.1, -0.05) is 94.7 Å². The molecule has 0 aromatic heterocycles. The molecule has 2 aromatic rings. The van der Waals surface area contributed by atoms with E-state index in [0.717, 1.165) is 71.4 Å². The molecule has 6 rings (SSSR count). The second kappa shape index (κ2) is 8.48. The van der Waals surface area contributed by atoms with E-state index in [1.54, 1.807) is 0 Å². The lowest BCUT2D eigenvalue weighted by atomic mass is 9.58. The first-order valence-corrected chi connectivity index (χ1v) is 14.2. The van der Waals surface area contributed by atoms with Crippen molar-refractivity contribution in [2.45, 2.75) is 76.3 Å². The third-order valence-electron chi connectivity index (χ3n) is 8.90. The fraction of sp³-hybridized carbons (Fsp3) is 0.500. The molecule has 0 unspecified atom stereocenters. The van der Waals surface area contributed by atoms with E-state index in [9.17, 15) is 9.59 Å². The molecule has 6 heteroatoms. The van der Waals surface area contributed by atoms with Gasteiger partial charge in [-0.2, -0.15) is 0 Å². The second-order valence-electron chi connectivity index (χ2n) is 10.6. The highest BCUT2D eigenvalue weighted by Gasteiger charge is 2.71. The highest BCUT2D eigenvalue weighted by atomic mass is 79.9. The van der Waals surface area contributed by atoms with Crippen LogP contribution in [0.3, 0.4) is 0 Å². The lowest BCUT2D eigenvalue weighted by Crippen LogP contribution is -2.77. The summed E-state index contributed by atoms with van der Waals surface area (Å²) >= 11 is 7.11. The summed E-state index contributed by atoms with van der Waals surface area (Å²) in [5, 5.41) is 3.73. The monoisotopic (exact) mass is 584 g/mol. The maximum absolute atomic E-state index is 14.0. The molecular weight excluding hydrogens is 556 g/mol. The zero-order valence-electron chi connectivity index (χ0n) is 19.3. The van der Waals surface area contributed by atoms with Crippen LogP contribution in [0.15, 0.2) is 57.5 Å². The van der Waals surface area contributed by atoms with Crippen LogP contribution < -0.4 is 0 Å². The number of β-lactam (4-membered cyclic amide) rings is 2. The van der Waals surface area contributed by atoms with Gasteiger partial charge >= 0.3 is 0 Å². The van der Waals surface area contributed by atoms with E-state index in [2.05, 4.69) is 80.4 Å². The molecule has 0 N–H and O–H groups in total. The minimum atomic E-state index is -0.369. The summed E-state index contributed by atoms with van der Waals surface area (Å²) in [7, 11) is 0. The molecule has 0 bridgehead atoms. The van der Waals surface area contributed by atoms with Gasteiger partial charge in [-0.3, -0.25) is 9.59 Å². The van der Waals surface area contributed by atoms with E-state index in [0.29, 0.717) is 0 Å². The molecule has 2 heterocycles. The first kappa shape index (κ1) is 22.8. The van der Waals surface area contributed by atoms with Crippen LogP contribution in [0.2, 0.25) is 0 Å². The molecule has 178 valence electrons. The topological polar surface area (TPSA) is 40.6 Å². The van der Waals surface area contributed by atoms with Crippen LogP contribution in [0.1, 0.15) is 87.4 Å². The number of halogens is 2. The molecule has 2 amide bonds. The van der Waals surface area contributed by atoms with Crippen LogP contribution in [0, 0.1) is 10.8 Å². The largest absolute Gasteiger partial charge is 0.272 e. The number of hydrogen-bond donors (Lipinski definition) is 0. The van der Waals surface area contributed by atoms with Crippen LogP contribution in [0.4, 0.5) is 0 Å². The third kappa shape index (κ3) is 3.20. The number of amides is 2. The summed E-state index contributed by atoms with van der Waals surface area (Å²) in [6, 6.07) is 16.6. The average Bonchev–Trinajstić information content (AvgIpc) is 2.88. The Hall–Kier alpha value is -1.66. The fourth-order valence-electron chi connectivity index (χ4n) is 7.26. The Balaban J connectivity index is 1.43. The number of hydrogen-bond acceptors (Lipinski definition) is 2. The molecule has 2 saturated heterocycles. The quantitative estimate of drug-likeness (QED) is 0.350. The van der Waals surface area contributed by atoms with Gasteiger partial charge in [0.05, 0.1) is 22.9 Å². The predicted molar refractivity (Wildman–Crippen MR) is 138 cm³/mol. The smallest absolute Gasteiger partial charge is 0.250 e. The SMILES string of the molecule is O=C1N(N2C(=O)C3(CCCCC3)[C@H]2c2ccc(Br)cc2)[C@H](c2ccc(Br)cc2)C12CCCCC2. The molecule has 0 radical (unpaired) electrons. The molecule has 2 aliphatic carbocycles. The number of carbonyl (C=O) groups is 2. The van der Waals surface area contributed by atoms with Gasteiger partial charge in [0.25, 0.3) is 11.8 Å². The van der Waals surface area contributed by atoms with E-state index in [1.807, 2.05) is 10.0 Å². The summed E-state index contributed by atoms with van der Waals surface area (Å²) in [6.45, 7) is 0. The second-order valence-corrected chi connectivity index (χ2v) is 12.5. The minimum absolute atomic E-state index is 0.0729. The maximum Gasteiger partial charge on any atom is 0.250 e. The average molecular weight is 586 g/mol. The van der Waals surface area contributed by atoms with Crippen LogP contribution in [0.5, 0.6) is 0 Å². The number of carbonyl (C=O) groups excluding carboxylic acids is 2. The van der Waals surface area contributed by atoms with E-state index in [4.69, 9.17) is 0 Å². The van der Waals surface area contributed by atoms with Gasteiger partial charge < -0.3 is 0 Å². The Kier molecular flexibility index (Phi) is 5.68. The zero-order chi connectivity index (χ0) is 23.5. The number of hydrazine groups is 1. The van der Waals surface area contributed by atoms with Crippen LogP contribution in [0.25, 0.3) is 0 Å². The van der Waals surface area contributed by atoms with Gasteiger partial charge in [-0.05, 0) is 61.1 Å². The van der Waals surface area contributed by atoms with Crippen molar-refractivity contribution in [2.75, 3.05) is 0 Å². The number of benzene rings is 2. The molecular formula is C28H30Br2N2O2. The zero-order valence-corrected chi connectivity index (χ0v) is 22.5. The molecule has 2 aromatic carbocycles. The fourth-order valence-corrected chi connectivity index (χ4v) is 7.78. The first-order chi connectivity index (χ1) is 16.5. The van der Waals surface area contributed by atoms with Gasteiger partial charge in [0, 0.05) is 8.95 Å². The molecule has 4 aliphatic rings. The third-order valence-corrected chi connectivity index (χ3v) is 9.96. The van der Waals surface area contributed by atoms with Crippen molar-refractivity contribution in [3.8, 4) is 0 Å². The first-order valence-electron chi connectivity index (χ1n) is 12.7. The molecule has 2 saturated carbocycles. The highest BCUT2D eigenvalue weighted by molar-refractivity contribution is 9.10. The minimum Gasteiger partial charge on any atom is -0.272 e. The van der Waals surface area contributed by atoms with E-state index >= 15 is 0 Å². The summed E-state index contributed by atoms with van der Waals surface area (Å²) in [5.74, 6) is 0.308. The van der Waals surface area contributed by atoms with Crippen molar-refractivity contribution in [3.05, 3.63) is 68.6 Å². The van der Waals surface area contributed by atoms with Crippen molar-refractivity contribution < 1.29 is 9.59 Å². The van der Waals surface area contributed by atoms with Crippen molar-refractivity contribution in [3.63, 3.8) is 0 Å². The molecule has 4 nitrogen and oxygen atoms in total. The molecule has 2 aliphatic heterocycles. The predicted octanol–water partition coefficient (Wildman–Crippen LogP) is 7.49. The number of rotatable bonds is 3. The Morgan fingerprint density at radius 2 is 0.882 bits per heavy atom. The Morgan fingerprint density at radius 3 is 1.21 bits per heavy atom. The maximum atomic E-state index is 14.0. The summed E-state index contributed by atoms with van der Waals surface area (Å²) in [6.07, 6.45) is 10.4. The van der Waals surface area contributed by atoms with Crippen molar-refractivity contribution in [2.24, 2.45) is 10.8 Å². The molecule has 2 atom stereocenters. The van der Waals surface area contributed by atoms with E-state index in [1.165, 1.54) is 12.8 Å². The standard InChI is InChI=1S/C28H30Br2N2O2/c29-21-11-7-19(8-12-21)23-27(15-3-1-4-16-27)25(33)31(23)32-24(20-9-13-22(30)14-10-20)28(26(32)34)17-5-2-6-18-28/h7-14,23-24H,1-6,15-18H2/t23-,24-/m1/s1. The van der Waals surface area contributed by atoms with Gasteiger partial charge in [0.1, 0.15) is 0 Å². The number of nitrogens with zero attached hydrogens (tertiary/aromatic N) is 2. The Labute approximate surface area is 218 Å². The lowest BCUT2D eigenvalue weighted by Gasteiger charge is -2.68. The molecule has 2 spiro atoms. The van der Waals surface area contributed by atoms with Crippen LogP contribution in [-0.4, -0.2) is 21.8 Å². The summed E-state index contributed by atoms with van der Waals surface area (Å²) < 4.78 is 2.06. The highest BCUT2D eigenvalue weighted by Crippen LogP contribution is 2.65. The van der Waals surface area contributed by atoms with Crippen molar-refractivity contribution in [1.29, 1.82) is 0 Å². The van der Waals surface area contributed by atoms with Gasteiger partial charge in [-0.25, -0.2) is 10.0 Å². The Morgan fingerprint density at radius 1 is 0.559 bits per heavy atom. The van der Waals surface area contributed by atoms with Crippen LogP contribution >= 0.6 is 31.9 Å². The lowest BCUT2D eigenvalue weighted by molar-refractivity contribution is -0.264. The summed E-state index contributed by atoms with van der Waals surface area (Å²) in [4.78, 5) is 28.0. The van der Waals surface area contributed by atoms with E-state index in [-0.39, 0.29) is 34.7 Å². The van der Waals surface area contributed by atoms with Gasteiger partial charge in [-0.15, -0.1) is 0 Å². The van der Waals surface area contributed by atoms with Gasteiger partial charge in [0.15, 0.2) is 0 Å². The van der Waals surface area contributed by atoms with Crippen molar-refractivity contribution >= 4 is 43.7 Å². The van der Waals surface area contributed by atoms with Crippen molar-refractivity contribution in [1.82, 2.24) is 10.0 Å². The molecule has 34 heavy (non-hydrogen) atoms. The van der Waals surface area contributed by atoms with Crippen LogP contribution in [-0.2, 0) is 9.59 Å². The van der Waals surface area contributed by atoms with Gasteiger partial charge in [0.2, 0.25) is 0 Å². The van der Waals surface area contributed by atoms with E-state index < -0.39 is 0 Å².